The van der Waals surface area contributed by atoms with E-state index < -0.39 is 6.23 Å². The van der Waals surface area contributed by atoms with Crippen LogP contribution in [-0.2, 0) is 16.0 Å². The predicted octanol–water partition coefficient (Wildman–Crippen LogP) is 5.58. The van der Waals surface area contributed by atoms with E-state index in [-0.39, 0.29) is 18.3 Å². The molecule has 0 radical (unpaired) electrons. The third-order valence-electron chi connectivity index (χ3n) is 6.07. The van der Waals surface area contributed by atoms with Crippen molar-refractivity contribution in [3.8, 4) is 16.9 Å². The first-order valence-electron chi connectivity index (χ1n) is 11.3. The van der Waals surface area contributed by atoms with Crippen molar-refractivity contribution in [2.24, 2.45) is 0 Å². The van der Waals surface area contributed by atoms with E-state index in [9.17, 15) is 9.18 Å². The molecule has 35 heavy (non-hydrogen) atoms. The van der Waals surface area contributed by atoms with E-state index in [0.717, 1.165) is 32.5 Å². The summed E-state index contributed by atoms with van der Waals surface area (Å²) in [6, 6.07) is 22.1. The molecule has 0 aliphatic carbocycles. The van der Waals surface area contributed by atoms with Crippen LogP contribution in [0, 0.1) is 5.82 Å². The Morgan fingerprint density at radius 2 is 1.77 bits per heavy atom. The van der Waals surface area contributed by atoms with E-state index in [2.05, 4.69) is 33.4 Å². The van der Waals surface area contributed by atoms with Gasteiger partial charge in [0.15, 0.2) is 6.23 Å². The molecule has 6 nitrogen and oxygen atoms in total. The van der Waals surface area contributed by atoms with Crippen LogP contribution < -0.4 is 5.32 Å². The number of amides is 1. The first-order valence-corrected chi connectivity index (χ1v) is 12.1. The normalized spacial score (nSPS) is 15.6. The summed E-state index contributed by atoms with van der Waals surface area (Å²) in [7, 11) is 1.88. The van der Waals surface area contributed by atoms with Gasteiger partial charge in [-0.1, -0.05) is 28.1 Å². The average molecular weight is 535 g/mol. The maximum absolute atomic E-state index is 13.6. The number of hydrogen-bond donors (Lipinski definition) is 1. The maximum atomic E-state index is 13.6. The predicted molar refractivity (Wildman–Crippen MR) is 137 cm³/mol. The van der Waals surface area contributed by atoms with Crippen LogP contribution in [0.4, 0.5) is 10.1 Å². The van der Waals surface area contributed by atoms with Gasteiger partial charge in [-0.25, -0.2) is 9.07 Å². The van der Waals surface area contributed by atoms with Gasteiger partial charge in [-0.05, 0) is 72.6 Å². The van der Waals surface area contributed by atoms with Crippen molar-refractivity contribution in [1.29, 1.82) is 0 Å². The number of halogens is 2. The number of carbonyl (C=O) groups is 1. The quantitative estimate of drug-likeness (QED) is 0.336. The second-order valence-electron chi connectivity index (χ2n) is 8.31. The summed E-state index contributed by atoms with van der Waals surface area (Å²) in [4.78, 5) is 14.5. The fourth-order valence-corrected chi connectivity index (χ4v) is 4.43. The first kappa shape index (κ1) is 23.3. The highest BCUT2D eigenvalue weighted by atomic mass is 79.9. The van der Waals surface area contributed by atoms with Crippen molar-refractivity contribution in [3.05, 3.63) is 100 Å². The lowest BCUT2D eigenvalue weighted by Crippen LogP contribution is -2.30. The monoisotopic (exact) mass is 534 g/mol. The number of anilines is 1. The summed E-state index contributed by atoms with van der Waals surface area (Å²) in [5.74, 6) is -0.385. The zero-order chi connectivity index (χ0) is 24.4. The summed E-state index contributed by atoms with van der Waals surface area (Å²) in [6.07, 6.45) is 2.01. The van der Waals surface area contributed by atoms with Gasteiger partial charge in [0, 0.05) is 41.1 Å². The first-order chi connectivity index (χ1) is 17.0. The zero-order valence-corrected chi connectivity index (χ0v) is 20.7. The molecular formula is C27H24BrFN4O2. The molecule has 2 heterocycles. The van der Waals surface area contributed by atoms with Gasteiger partial charge in [-0.2, -0.15) is 5.10 Å². The van der Waals surface area contributed by atoms with Crippen molar-refractivity contribution in [2.45, 2.75) is 12.6 Å². The minimum absolute atomic E-state index is 0.00960. The van der Waals surface area contributed by atoms with Crippen LogP contribution in [0.2, 0.25) is 0 Å². The highest BCUT2D eigenvalue weighted by Gasteiger charge is 2.36. The molecule has 1 aliphatic heterocycles. The van der Waals surface area contributed by atoms with Gasteiger partial charge in [0.1, 0.15) is 18.1 Å². The van der Waals surface area contributed by atoms with Crippen LogP contribution in [0.25, 0.3) is 16.9 Å². The Morgan fingerprint density at radius 1 is 1.06 bits per heavy atom. The lowest BCUT2D eigenvalue weighted by atomic mass is 10.1. The van der Waals surface area contributed by atoms with Gasteiger partial charge in [0.2, 0.25) is 0 Å². The molecule has 1 aliphatic rings. The molecule has 8 heteroatoms. The molecule has 1 N–H and O–H groups in total. The maximum Gasteiger partial charge on any atom is 0.250 e. The van der Waals surface area contributed by atoms with Crippen molar-refractivity contribution >= 4 is 27.5 Å². The number of ether oxygens (including phenoxy) is 1. The van der Waals surface area contributed by atoms with E-state index in [0.29, 0.717) is 18.7 Å². The lowest BCUT2D eigenvalue weighted by Gasteiger charge is -2.23. The molecule has 1 fully saturated rings. The third-order valence-corrected chi connectivity index (χ3v) is 6.60. The fraction of sp³-hybridized carbons (Fsp3) is 0.185. The summed E-state index contributed by atoms with van der Waals surface area (Å²) in [5.41, 5.74) is 5.20. The van der Waals surface area contributed by atoms with Gasteiger partial charge < -0.3 is 15.0 Å². The van der Waals surface area contributed by atoms with Gasteiger partial charge in [-0.15, -0.1) is 0 Å². The molecule has 1 amide bonds. The van der Waals surface area contributed by atoms with E-state index in [1.54, 1.807) is 21.7 Å². The van der Waals surface area contributed by atoms with Crippen molar-refractivity contribution < 1.29 is 13.9 Å². The van der Waals surface area contributed by atoms with Crippen molar-refractivity contribution in [2.75, 3.05) is 25.5 Å². The summed E-state index contributed by atoms with van der Waals surface area (Å²) in [5, 5.41) is 7.92. The molecular weight excluding hydrogens is 511 g/mol. The fourth-order valence-electron chi connectivity index (χ4n) is 4.17. The zero-order valence-electron chi connectivity index (χ0n) is 19.1. The van der Waals surface area contributed by atoms with Crippen LogP contribution >= 0.6 is 15.9 Å². The number of benzene rings is 3. The second kappa shape index (κ2) is 10.0. The Labute approximate surface area is 211 Å². The molecule has 1 saturated heterocycles. The summed E-state index contributed by atoms with van der Waals surface area (Å²) >= 11 is 3.46. The molecule has 1 aromatic heterocycles. The van der Waals surface area contributed by atoms with Crippen LogP contribution in [0.5, 0.6) is 0 Å². The second-order valence-corrected chi connectivity index (χ2v) is 9.22. The Kier molecular flexibility index (Phi) is 6.66. The van der Waals surface area contributed by atoms with E-state index in [1.165, 1.54) is 12.1 Å². The minimum atomic E-state index is -0.580. The molecule has 4 aromatic rings. The molecule has 1 unspecified atom stereocenters. The summed E-state index contributed by atoms with van der Waals surface area (Å²) < 4.78 is 22.3. The van der Waals surface area contributed by atoms with E-state index in [1.807, 2.05) is 49.6 Å². The number of nitrogens with one attached hydrogen (secondary N) is 1. The van der Waals surface area contributed by atoms with Crippen LogP contribution in [0.1, 0.15) is 17.4 Å². The Hall–Kier alpha value is -3.49. The van der Waals surface area contributed by atoms with E-state index >= 15 is 0 Å². The molecule has 1 atom stereocenters. The number of nitrogens with zero attached hydrogens (tertiary/aromatic N) is 3. The smallest absolute Gasteiger partial charge is 0.250 e. The van der Waals surface area contributed by atoms with Gasteiger partial charge >= 0.3 is 0 Å². The standard InChI is InChI=1S/C27H24BrFN4O2/c1-30-22-10-2-18(3-11-22)14-15-32-25(34)17-35-27(32)24-16-33(23-12-6-20(28)7-13-23)31-26(24)19-4-8-21(29)9-5-19/h2-13,16,27,30H,14-15,17H2,1H3. The Balaban J connectivity index is 1.48. The number of carbonyl (C=O) groups excluding carboxylic acids is 1. The van der Waals surface area contributed by atoms with Gasteiger partial charge in [-0.3, -0.25) is 4.79 Å². The highest BCUT2D eigenvalue weighted by molar-refractivity contribution is 9.10. The van der Waals surface area contributed by atoms with Crippen molar-refractivity contribution in [1.82, 2.24) is 14.7 Å². The van der Waals surface area contributed by atoms with Crippen LogP contribution in [0.15, 0.2) is 83.5 Å². The molecule has 0 saturated carbocycles. The number of aromatic nitrogens is 2. The Morgan fingerprint density at radius 3 is 2.46 bits per heavy atom. The summed E-state index contributed by atoms with van der Waals surface area (Å²) in [6.45, 7) is 0.518. The molecule has 178 valence electrons. The minimum Gasteiger partial charge on any atom is -0.388 e. The Bertz CT molecular complexity index is 1320. The van der Waals surface area contributed by atoms with Crippen LogP contribution in [-0.4, -0.2) is 40.8 Å². The molecule has 0 bridgehead atoms. The highest BCUT2D eigenvalue weighted by Crippen LogP contribution is 2.35. The topological polar surface area (TPSA) is 59.4 Å². The van der Waals surface area contributed by atoms with E-state index in [4.69, 9.17) is 9.84 Å². The molecule has 0 spiro atoms. The SMILES string of the molecule is CNc1ccc(CCN2C(=O)COC2c2cn(-c3ccc(Br)cc3)nc2-c2ccc(F)cc2)cc1. The van der Waals surface area contributed by atoms with Crippen LogP contribution in [0.3, 0.4) is 0 Å². The number of hydrogen-bond acceptors (Lipinski definition) is 4. The third kappa shape index (κ3) is 4.99. The van der Waals surface area contributed by atoms with Gasteiger partial charge in [0.05, 0.1) is 5.69 Å². The molecule has 3 aromatic carbocycles. The number of rotatable bonds is 7. The lowest BCUT2D eigenvalue weighted by molar-refractivity contribution is -0.128. The largest absolute Gasteiger partial charge is 0.388 e. The average Bonchev–Trinajstić information content (AvgIpc) is 3.47. The van der Waals surface area contributed by atoms with Crippen molar-refractivity contribution in [3.63, 3.8) is 0 Å². The van der Waals surface area contributed by atoms with Gasteiger partial charge in [0.25, 0.3) is 5.91 Å². The molecule has 5 rings (SSSR count).